The van der Waals surface area contributed by atoms with Crippen molar-refractivity contribution in [3.05, 3.63) is 34.9 Å². The van der Waals surface area contributed by atoms with E-state index in [1.165, 1.54) is 16.7 Å². The lowest BCUT2D eigenvalue weighted by atomic mass is 10.0. The highest BCUT2D eigenvalue weighted by Crippen LogP contribution is 2.16. The molecule has 0 radical (unpaired) electrons. The van der Waals surface area contributed by atoms with Gasteiger partial charge in [-0.25, -0.2) is 0 Å². The quantitative estimate of drug-likeness (QED) is 0.852. The molecular weight excluding hydrogens is 214 g/mol. The van der Waals surface area contributed by atoms with Crippen molar-refractivity contribution in [2.24, 2.45) is 0 Å². The molecule has 0 heterocycles. The van der Waals surface area contributed by atoms with Crippen LogP contribution in [0.1, 0.15) is 30.5 Å². The van der Waals surface area contributed by atoms with Gasteiger partial charge in [-0.1, -0.05) is 18.2 Å². The topological polar surface area (TPSA) is 40.5 Å². The summed E-state index contributed by atoms with van der Waals surface area (Å²) in [6.45, 7) is 8.99. The average molecular weight is 235 g/mol. The summed E-state index contributed by atoms with van der Waals surface area (Å²) < 4.78 is 0. The molecular formula is C14H21NO2. The lowest BCUT2D eigenvalue weighted by Crippen LogP contribution is -2.35. The maximum absolute atomic E-state index is 10.8. The Morgan fingerprint density at radius 2 is 2.00 bits per heavy atom. The van der Waals surface area contributed by atoms with Crippen molar-refractivity contribution in [1.82, 2.24) is 4.90 Å². The van der Waals surface area contributed by atoms with Gasteiger partial charge in [0, 0.05) is 12.6 Å². The Morgan fingerprint density at radius 1 is 1.35 bits per heavy atom. The van der Waals surface area contributed by atoms with E-state index < -0.39 is 5.97 Å². The zero-order valence-corrected chi connectivity index (χ0v) is 11.0. The Morgan fingerprint density at radius 3 is 2.53 bits per heavy atom. The molecule has 0 saturated heterocycles. The molecule has 0 aromatic heterocycles. The standard InChI is InChI=1S/C14H21NO2/c1-10(2)15(9-14(16)17)8-13-7-5-6-11(3)12(13)4/h5-7,10H,8-9H2,1-4H3,(H,16,17). The van der Waals surface area contributed by atoms with Crippen molar-refractivity contribution in [3.63, 3.8) is 0 Å². The molecule has 0 saturated carbocycles. The lowest BCUT2D eigenvalue weighted by molar-refractivity contribution is -0.138. The van der Waals surface area contributed by atoms with Gasteiger partial charge < -0.3 is 5.11 Å². The van der Waals surface area contributed by atoms with Gasteiger partial charge in [0.1, 0.15) is 0 Å². The molecule has 3 nitrogen and oxygen atoms in total. The maximum Gasteiger partial charge on any atom is 0.317 e. The first kappa shape index (κ1) is 13.7. The summed E-state index contributed by atoms with van der Waals surface area (Å²) in [4.78, 5) is 12.8. The van der Waals surface area contributed by atoms with Crippen LogP contribution in [0, 0.1) is 13.8 Å². The molecule has 0 aliphatic rings. The second kappa shape index (κ2) is 5.82. The summed E-state index contributed by atoms with van der Waals surface area (Å²) in [5.41, 5.74) is 3.71. The first-order valence-corrected chi connectivity index (χ1v) is 5.92. The molecule has 0 unspecified atom stereocenters. The van der Waals surface area contributed by atoms with Crippen LogP contribution in [0.5, 0.6) is 0 Å². The van der Waals surface area contributed by atoms with Crippen molar-refractivity contribution in [3.8, 4) is 0 Å². The van der Waals surface area contributed by atoms with Crippen LogP contribution in [0.3, 0.4) is 0 Å². The number of hydrogen-bond donors (Lipinski definition) is 1. The minimum absolute atomic E-state index is 0.0883. The van der Waals surface area contributed by atoms with Gasteiger partial charge in [-0.2, -0.15) is 0 Å². The second-order valence-electron chi connectivity index (χ2n) is 4.75. The number of carboxylic acid groups (broad SMARTS) is 1. The minimum atomic E-state index is -0.774. The molecule has 0 aliphatic carbocycles. The van der Waals surface area contributed by atoms with Crippen LogP contribution >= 0.6 is 0 Å². The summed E-state index contributed by atoms with van der Waals surface area (Å²) in [5.74, 6) is -0.774. The van der Waals surface area contributed by atoms with E-state index in [4.69, 9.17) is 5.11 Å². The largest absolute Gasteiger partial charge is 0.480 e. The van der Waals surface area contributed by atoms with Crippen molar-refractivity contribution in [1.29, 1.82) is 0 Å². The number of aryl methyl sites for hydroxylation is 1. The number of carbonyl (C=O) groups is 1. The number of rotatable bonds is 5. The molecule has 94 valence electrons. The first-order valence-electron chi connectivity index (χ1n) is 5.92. The molecule has 17 heavy (non-hydrogen) atoms. The molecule has 0 aliphatic heterocycles. The fourth-order valence-corrected chi connectivity index (χ4v) is 1.80. The minimum Gasteiger partial charge on any atom is -0.480 e. The zero-order chi connectivity index (χ0) is 13.0. The van der Waals surface area contributed by atoms with E-state index in [2.05, 4.69) is 26.0 Å². The van der Waals surface area contributed by atoms with E-state index in [-0.39, 0.29) is 12.6 Å². The highest BCUT2D eigenvalue weighted by Gasteiger charge is 2.14. The predicted octanol–water partition coefficient (Wildman–Crippen LogP) is 2.60. The monoisotopic (exact) mass is 235 g/mol. The third-order valence-electron chi connectivity index (χ3n) is 3.16. The van der Waals surface area contributed by atoms with Crippen LogP contribution in [-0.4, -0.2) is 28.6 Å². The summed E-state index contributed by atoms with van der Waals surface area (Å²) in [5, 5.41) is 8.89. The molecule has 0 spiro atoms. The molecule has 1 aromatic rings. The lowest BCUT2D eigenvalue weighted by Gasteiger charge is -2.25. The summed E-state index contributed by atoms with van der Waals surface area (Å²) in [7, 11) is 0. The van der Waals surface area contributed by atoms with Gasteiger partial charge in [0.05, 0.1) is 6.54 Å². The van der Waals surface area contributed by atoms with Gasteiger partial charge in [0.25, 0.3) is 0 Å². The van der Waals surface area contributed by atoms with Crippen molar-refractivity contribution in [2.75, 3.05) is 6.54 Å². The Hall–Kier alpha value is -1.35. The van der Waals surface area contributed by atoms with Crippen LogP contribution in [0.4, 0.5) is 0 Å². The number of hydrogen-bond acceptors (Lipinski definition) is 2. The number of aliphatic carboxylic acids is 1. The van der Waals surface area contributed by atoms with Crippen molar-refractivity contribution < 1.29 is 9.90 Å². The van der Waals surface area contributed by atoms with Crippen LogP contribution in [0.25, 0.3) is 0 Å². The first-order chi connectivity index (χ1) is 7.91. The Labute approximate surface area is 103 Å². The summed E-state index contributed by atoms with van der Waals surface area (Å²) >= 11 is 0. The third kappa shape index (κ3) is 3.86. The summed E-state index contributed by atoms with van der Waals surface area (Å²) in [6, 6.07) is 6.40. The van der Waals surface area contributed by atoms with Crippen molar-refractivity contribution in [2.45, 2.75) is 40.3 Å². The fraction of sp³-hybridized carbons (Fsp3) is 0.500. The molecule has 0 bridgehead atoms. The Balaban J connectivity index is 2.86. The Bertz CT molecular complexity index is 399. The zero-order valence-electron chi connectivity index (χ0n) is 11.0. The molecule has 0 amide bonds. The predicted molar refractivity (Wildman–Crippen MR) is 69.1 cm³/mol. The van der Waals surface area contributed by atoms with E-state index in [0.717, 1.165) is 0 Å². The fourth-order valence-electron chi connectivity index (χ4n) is 1.80. The van der Waals surface area contributed by atoms with Gasteiger partial charge in [-0.05, 0) is 44.4 Å². The molecule has 1 N–H and O–H groups in total. The maximum atomic E-state index is 10.8. The molecule has 1 rings (SSSR count). The van der Waals surface area contributed by atoms with E-state index in [0.29, 0.717) is 6.54 Å². The normalized spacial score (nSPS) is 11.2. The van der Waals surface area contributed by atoms with Crippen LogP contribution < -0.4 is 0 Å². The highest BCUT2D eigenvalue weighted by molar-refractivity contribution is 5.69. The average Bonchev–Trinajstić information content (AvgIpc) is 2.22. The SMILES string of the molecule is Cc1cccc(CN(CC(=O)O)C(C)C)c1C. The van der Waals surface area contributed by atoms with Gasteiger partial charge in [0.15, 0.2) is 0 Å². The van der Waals surface area contributed by atoms with E-state index in [9.17, 15) is 4.79 Å². The molecule has 1 aromatic carbocycles. The molecule has 3 heteroatoms. The van der Waals surface area contributed by atoms with E-state index in [1.54, 1.807) is 0 Å². The Kier molecular flexibility index (Phi) is 4.70. The van der Waals surface area contributed by atoms with Gasteiger partial charge >= 0.3 is 5.97 Å². The summed E-state index contributed by atoms with van der Waals surface area (Å²) in [6.07, 6.45) is 0. The van der Waals surface area contributed by atoms with E-state index >= 15 is 0 Å². The number of nitrogens with zero attached hydrogens (tertiary/aromatic N) is 1. The highest BCUT2D eigenvalue weighted by atomic mass is 16.4. The van der Waals surface area contributed by atoms with E-state index in [1.807, 2.05) is 24.8 Å². The van der Waals surface area contributed by atoms with Crippen molar-refractivity contribution >= 4 is 5.97 Å². The molecule has 0 atom stereocenters. The van der Waals surface area contributed by atoms with Crippen LogP contribution in [-0.2, 0) is 11.3 Å². The van der Waals surface area contributed by atoms with Crippen LogP contribution in [0.15, 0.2) is 18.2 Å². The van der Waals surface area contributed by atoms with Crippen LogP contribution in [0.2, 0.25) is 0 Å². The smallest absolute Gasteiger partial charge is 0.317 e. The number of carboxylic acids is 1. The second-order valence-corrected chi connectivity index (χ2v) is 4.75. The molecule has 0 fully saturated rings. The van der Waals surface area contributed by atoms with Gasteiger partial charge in [-0.3, -0.25) is 9.69 Å². The van der Waals surface area contributed by atoms with Gasteiger partial charge in [-0.15, -0.1) is 0 Å². The number of benzene rings is 1. The third-order valence-corrected chi connectivity index (χ3v) is 3.16. The van der Waals surface area contributed by atoms with Gasteiger partial charge in [0.2, 0.25) is 0 Å².